The summed E-state index contributed by atoms with van der Waals surface area (Å²) in [5.74, 6) is 1.78. The summed E-state index contributed by atoms with van der Waals surface area (Å²) in [4.78, 5) is 6.50. The van der Waals surface area contributed by atoms with Crippen LogP contribution in [-0.2, 0) is 6.54 Å². The molecule has 1 aliphatic carbocycles. The van der Waals surface area contributed by atoms with Crippen molar-refractivity contribution in [1.29, 1.82) is 0 Å². The number of hydrogen-bond donors (Lipinski definition) is 0. The lowest BCUT2D eigenvalue weighted by molar-refractivity contribution is 0.0771. The third-order valence-corrected chi connectivity index (χ3v) is 7.54. The van der Waals surface area contributed by atoms with Gasteiger partial charge in [-0.05, 0) is 52.4 Å². The molecule has 2 aromatic heterocycles. The van der Waals surface area contributed by atoms with Gasteiger partial charge < -0.3 is 4.74 Å². The quantitative estimate of drug-likeness (QED) is 0.563. The zero-order valence-electron chi connectivity index (χ0n) is 18.1. The first-order valence-electron chi connectivity index (χ1n) is 11.2. The van der Waals surface area contributed by atoms with Crippen molar-refractivity contribution in [3.63, 3.8) is 0 Å². The van der Waals surface area contributed by atoms with E-state index in [0.29, 0.717) is 6.54 Å². The monoisotopic (exact) mass is 438 g/mol. The second-order valence-corrected chi connectivity index (χ2v) is 9.49. The topological polar surface area (TPSA) is 59.3 Å². The Labute approximate surface area is 187 Å². The predicted octanol–water partition coefficient (Wildman–Crippen LogP) is 3.44. The van der Waals surface area contributed by atoms with E-state index in [4.69, 9.17) is 4.74 Å². The van der Waals surface area contributed by atoms with E-state index < -0.39 is 0 Å². The van der Waals surface area contributed by atoms with Crippen LogP contribution in [0.2, 0.25) is 0 Å². The Morgan fingerprint density at radius 1 is 1.06 bits per heavy atom. The summed E-state index contributed by atoms with van der Waals surface area (Å²) in [5, 5.41) is 15.0. The van der Waals surface area contributed by atoms with Gasteiger partial charge in [0.05, 0.1) is 19.7 Å². The van der Waals surface area contributed by atoms with Crippen LogP contribution in [0.3, 0.4) is 0 Å². The molecular formula is C23H30N6OS. The highest BCUT2D eigenvalue weighted by Gasteiger charge is 2.33. The third kappa shape index (κ3) is 4.51. The van der Waals surface area contributed by atoms with Gasteiger partial charge in [0.2, 0.25) is 0 Å². The number of ether oxygens (including phenoxy) is 1. The van der Waals surface area contributed by atoms with Crippen LogP contribution in [0.5, 0.6) is 5.75 Å². The first-order valence-corrected chi connectivity index (χ1v) is 12.1. The summed E-state index contributed by atoms with van der Waals surface area (Å²) < 4.78 is 7.35. The minimum absolute atomic E-state index is 0.0339. The van der Waals surface area contributed by atoms with Gasteiger partial charge in [-0.3, -0.25) is 9.80 Å². The Balaban J connectivity index is 1.41. The molecule has 31 heavy (non-hydrogen) atoms. The summed E-state index contributed by atoms with van der Waals surface area (Å²) in [7, 11) is 1.70. The number of benzene rings is 1. The van der Waals surface area contributed by atoms with Crippen molar-refractivity contribution in [3.8, 4) is 5.75 Å². The molecule has 7 nitrogen and oxygen atoms in total. The van der Waals surface area contributed by atoms with Crippen LogP contribution in [0, 0.1) is 0 Å². The van der Waals surface area contributed by atoms with Crippen molar-refractivity contribution in [2.75, 3.05) is 33.3 Å². The van der Waals surface area contributed by atoms with Crippen molar-refractivity contribution in [2.45, 2.75) is 44.3 Å². The first-order chi connectivity index (χ1) is 15.3. The van der Waals surface area contributed by atoms with Crippen LogP contribution in [0.15, 0.2) is 41.8 Å². The highest BCUT2D eigenvalue weighted by atomic mass is 32.1. The number of nitrogens with zero attached hydrogens (tertiary/aromatic N) is 6. The van der Waals surface area contributed by atoms with Crippen molar-refractivity contribution >= 4 is 11.3 Å². The molecule has 0 N–H and O–H groups in total. The Morgan fingerprint density at radius 2 is 1.84 bits per heavy atom. The largest absolute Gasteiger partial charge is 0.497 e. The fourth-order valence-electron chi connectivity index (χ4n) is 5.01. The van der Waals surface area contributed by atoms with E-state index in [1.54, 1.807) is 18.4 Å². The van der Waals surface area contributed by atoms with Crippen LogP contribution < -0.4 is 4.74 Å². The molecule has 0 amide bonds. The number of tetrazole rings is 1. The third-order valence-electron chi connectivity index (χ3n) is 6.68. The zero-order valence-corrected chi connectivity index (χ0v) is 18.9. The van der Waals surface area contributed by atoms with Crippen molar-refractivity contribution in [3.05, 3.63) is 58.0 Å². The number of rotatable bonds is 7. The lowest BCUT2D eigenvalue weighted by atomic mass is 10.0. The Hall–Kier alpha value is -2.29. The molecule has 1 aliphatic heterocycles. The normalized spacial score (nSPS) is 19.6. The predicted molar refractivity (Wildman–Crippen MR) is 121 cm³/mol. The molecule has 5 rings (SSSR count). The summed E-state index contributed by atoms with van der Waals surface area (Å²) in [5.41, 5.74) is 1.21. The van der Waals surface area contributed by atoms with Gasteiger partial charge in [0.15, 0.2) is 5.82 Å². The molecule has 2 fully saturated rings. The lowest BCUT2D eigenvalue weighted by Gasteiger charge is -2.41. The fraction of sp³-hybridized carbons (Fsp3) is 0.522. The number of methoxy groups -OCH3 is 1. The molecule has 0 radical (unpaired) electrons. The van der Waals surface area contributed by atoms with Crippen LogP contribution >= 0.6 is 11.3 Å². The van der Waals surface area contributed by atoms with Gasteiger partial charge in [0.1, 0.15) is 5.75 Å². The number of piperazine rings is 1. The maximum Gasteiger partial charge on any atom is 0.173 e. The average Bonchev–Trinajstić information content (AvgIpc) is 3.59. The van der Waals surface area contributed by atoms with E-state index in [1.165, 1.54) is 36.1 Å². The van der Waals surface area contributed by atoms with Gasteiger partial charge >= 0.3 is 0 Å². The van der Waals surface area contributed by atoms with Gasteiger partial charge in [-0.2, -0.15) is 0 Å². The second kappa shape index (κ2) is 9.46. The maximum absolute atomic E-state index is 5.39. The molecule has 1 aromatic carbocycles. The Bertz CT molecular complexity index is 943. The smallest absolute Gasteiger partial charge is 0.173 e. The molecule has 0 bridgehead atoms. The van der Waals surface area contributed by atoms with Crippen LogP contribution in [-0.4, -0.2) is 69.3 Å². The van der Waals surface area contributed by atoms with E-state index >= 15 is 0 Å². The molecule has 8 heteroatoms. The second-order valence-electron chi connectivity index (χ2n) is 8.46. The van der Waals surface area contributed by atoms with Gasteiger partial charge in [0, 0.05) is 37.1 Å². The van der Waals surface area contributed by atoms with E-state index in [0.717, 1.165) is 43.8 Å². The molecule has 1 saturated carbocycles. The maximum atomic E-state index is 5.39. The van der Waals surface area contributed by atoms with Crippen LogP contribution in [0.25, 0.3) is 0 Å². The number of thiophene rings is 1. The molecule has 164 valence electrons. The van der Waals surface area contributed by atoms with Gasteiger partial charge in [-0.25, -0.2) is 4.68 Å². The summed E-state index contributed by atoms with van der Waals surface area (Å²) >= 11 is 1.74. The summed E-state index contributed by atoms with van der Waals surface area (Å²) in [6.07, 6.45) is 5.50. The van der Waals surface area contributed by atoms with Crippen molar-refractivity contribution in [1.82, 2.24) is 30.0 Å². The summed E-state index contributed by atoms with van der Waals surface area (Å²) in [6.45, 7) is 4.99. The standard InChI is InChI=1S/C23H30N6OS/c1-30-20-10-8-18(9-11-20)22(23-24-25-26-29(23)17-21-7-4-16-31-21)28-14-12-27(13-15-28)19-5-2-3-6-19/h4,7-11,16,19,22H,2-3,5-6,12-15,17H2,1H3. The highest BCUT2D eigenvalue weighted by molar-refractivity contribution is 7.09. The minimum atomic E-state index is 0.0339. The molecule has 1 saturated heterocycles. The Morgan fingerprint density at radius 3 is 2.52 bits per heavy atom. The fourth-order valence-corrected chi connectivity index (χ4v) is 5.70. The zero-order chi connectivity index (χ0) is 21.0. The van der Waals surface area contributed by atoms with Crippen molar-refractivity contribution < 1.29 is 4.74 Å². The highest BCUT2D eigenvalue weighted by Crippen LogP contribution is 2.31. The first kappa shape index (κ1) is 20.6. The molecule has 3 aromatic rings. The summed E-state index contributed by atoms with van der Waals surface area (Å²) in [6, 6.07) is 13.4. The van der Waals surface area contributed by atoms with Gasteiger partial charge in [-0.1, -0.05) is 31.0 Å². The van der Waals surface area contributed by atoms with Gasteiger partial charge in [0.25, 0.3) is 0 Å². The van der Waals surface area contributed by atoms with E-state index in [-0.39, 0.29) is 6.04 Å². The molecule has 0 spiro atoms. The molecule has 2 aliphatic rings. The van der Waals surface area contributed by atoms with E-state index in [2.05, 4.69) is 55.0 Å². The lowest BCUT2D eigenvalue weighted by Crippen LogP contribution is -2.51. The Kier molecular flexibility index (Phi) is 6.29. The van der Waals surface area contributed by atoms with Crippen LogP contribution in [0.4, 0.5) is 0 Å². The molecule has 1 atom stereocenters. The van der Waals surface area contributed by atoms with Gasteiger partial charge in [-0.15, -0.1) is 16.4 Å². The SMILES string of the molecule is COc1ccc(C(c2nnnn2Cc2cccs2)N2CCN(C3CCCC3)CC2)cc1. The molecule has 1 unspecified atom stereocenters. The number of hydrogen-bond acceptors (Lipinski definition) is 7. The average molecular weight is 439 g/mol. The molecular weight excluding hydrogens is 408 g/mol. The van der Waals surface area contributed by atoms with Crippen LogP contribution in [0.1, 0.15) is 48.0 Å². The number of aromatic nitrogens is 4. The van der Waals surface area contributed by atoms with E-state index in [9.17, 15) is 0 Å². The molecule has 3 heterocycles. The van der Waals surface area contributed by atoms with Crippen molar-refractivity contribution in [2.24, 2.45) is 0 Å². The minimum Gasteiger partial charge on any atom is -0.497 e. The van der Waals surface area contributed by atoms with E-state index in [1.807, 2.05) is 16.8 Å².